The molecule has 0 N–H and O–H groups in total. The van der Waals surface area contributed by atoms with E-state index in [-0.39, 0.29) is 13.2 Å². The summed E-state index contributed by atoms with van der Waals surface area (Å²) < 4.78 is 11.4. The molecule has 0 unspecified atom stereocenters. The van der Waals surface area contributed by atoms with Crippen LogP contribution in [0.4, 0.5) is 0 Å². The van der Waals surface area contributed by atoms with Crippen LogP contribution < -0.4 is 9.47 Å². The predicted molar refractivity (Wildman–Crippen MR) is 96.6 cm³/mol. The van der Waals surface area contributed by atoms with E-state index in [1.54, 1.807) is 48.5 Å². The topological polar surface area (TPSA) is 65.5 Å². The summed E-state index contributed by atoms with van der Waals surface area (Å²) in [5.41, 5.74) is 2.64. The van der Waals surface area contributed by atoms with Crippen LogP contribution in [-0.2, 0) is 13.2 Å². The Bertz CT molecular complexity index is 837. The lowest BCUT2D eigenvalue weighted by Gasteiger charge is -2.09. The fourth-order valence-electron chi connectivity index (χ4n) is 2.36. The van der Waals surface area contributed by atoms with Gasteiger partial charge in [0.2, 0.25) is 0 Å². The Labute approximate surface area is 151 Å². The minimum atomic E-state index is 0.288. The number of carbonyl (C=O) groups excluding carboxylic acids is 2. The standard InChI is InChI=1S/C21H17NO4/c23-12-16-4-1-8-20(10-16)25-14-18-6-3-7-19(22-18)15-26-21-9-2-5-17(11-21)13-24/h1-13H,14-15H2. The van der Waals surface area contributed by atoms with Gasteiger partial charge < -0.3 is 9.47 Å². The van der Waals surface area contributed by atoms with Crippen molar-refractivity contribution < 1.29 is 19.1 Å². The van der Waals surface area contributed by atoms with Gasteiger partial charge in [-0.05, 0) is 36.4 Å². The number of aldehydes is 2. The summed E-state index contributed by atoms with van der Waals surface area (Å²) in [4.78, 5) is 26.1. The number of ether oxygens (including phenoxy) is 2. The number of benzene rings is 2. The molecule has 0 saturated carbocycles. The van der Waals surface area contributed by atoms with E-state index in [9.17, 15) is 9.59 Å². The van der Waals surface area contributed by atoms with E-state index in [2.05, 4.69) is 4.98 Å². The largest absolute Gasteiger partial charge is 0.487 e. The van der Waals surface area contributed by atoms with Crippen molar-refractivity contribution in [1.29, 1.82) is 0 Å². The summed E-state index contributed by atoms with van der Waals surface area (Å²) in [5.74, 6) is 1.23. The Hall–Kier alpha value is -3.47. The average Bonchev–Trinajstić information content (AvgIpc) is 2.71. The predicted octanol–water partition coefficient (Wildman–Crippen LogP) is 3.86. The number of hydrogen-bond acceptors (Lipinski definition) is 5. The summed E-state index contributed by atoms with van der Waals surface area (Å²) in [7, 11) is 0. The van der Waals surface area contributed by atoms with Gasteiger partial charge in [-0.3, -0.25) is 14.6 Å². The molecule has 1 aromatic heterocycles. The molecular formula is C21H17NO4. The van der Waals surface area contributed by atoms with Crippen LogP contribution in [0.5, 0.6) is 11.5 Å². The molecule has 3 rings (SSSR count). The summed E-state index contributed by atoms with van der Waals surface area (Å²) >= 11 is 0. The van der Waals surface area contributed by atoms with Gasteiger partial charge in [0.25, 0.3) is 0 Å². The highest BCUT2D eigenvalue weighted by atomic mass is 16.5. The van der Waals surface area contributed by atoms with Crippen LogP contribution in [0.25, 0.3) is 0 Å². The van der Waals surface area contributed by atoms with Crippen molar-refractivity contribution in [3.8, 4) is 11.5 Å². The van der Waals surface area contributed by atoms with Crippen molar-refractivity contribution in [3.63, 3.8) is 0 Å². The fourth-order valence-corrected chi connectivity index (χ4v) is 2.36. The first-order chi connectivity index (χ1) is 12.8. The molecule has 0 fully saturated rings. The van der Waals surface area contributed by atoms with Crippen LogP contribution in [0, 0.1) is 0 Å². The van der Waals surface area contributed by atoms with Crippen LogP contribution in [0.3, 0.4) is 0 Å². The van der Waals surface area contributed by atoms with Crippen molar-refractivity contribution >= 4 is 12.6 Å². The summed E-state index contributed by atoms with van der Waals surface area (Å²) in [6.45, 7) is 0.577. The second-order valence-electron chi connectivity index (χ2n) is 5.58. The number of hydrogen-bond donors (Lipinski definition) is 0. The fraction of sp³-hybridized carbons (Fsp3) is 0.0952. The van der Waals surface area contributed by atoms with Crippen LogP contribution in [-0.4, -0.2) is 17.6 Å². The first-order valence-electron chi connectivity index (χ1n) is 8.08. The highest BCUT2D eigenvalue weighted by Gasteiger charge is 2.03. The molecule has 0 atom stereocenters. The first-order valence-corrected chi connectivity index (χ1v) is 8.08. The van der Waals surface area contributed by atoms with Crippen molar-refractivity contribution in [2.75, 3.05) is 0 Å². The van der Waals surface area contributed by atoms with Crippen molar-refractivity contribution in [1.82, 2.24) is 4.98 Å². The van der Waals surface area contributed by atoms with Gasteiger partial charge in [0, 0.05) is 11.1 Å². The zero-order chi connectivity index (χ0) is 18.2. The molecule has 0 aliphatic heterocycles. The monoisotopic (exact) mass is 347 g/mol. The molecule has 130 valence electrons. The molecule has 5 nitrogen and oxygen atoms in total. The SMILES string of the molecule is O=Cc1cccc(OCc2cccc(COc3cccc(C=O)c3)n2)c1. The lowest BCUT2D eigenvalue weighted by atomic mass is 10.2. The number of rotatable bonds is 8. The van der Waals surface area contributed by atoms with Gasteiger partial charge in [0.05, 0.1) is 11.4 Å². The molecule has 0 bridgehead atoms. The summed E-state index contributed by atoms with van der Waals surface area (Å²) in [6, 6.07) is 19.5. The Morgan fingerprint density at radius 1 is 0.692 bits per heavy atom. The molecule has 0 aliphatic carbocycles. The first kappa shape index (κ1) is 17.4. The molecule has 3 aromatic rings. The maximum Gasteiger partial charge on any atom is 0.150 e. The number of carbonyl (C=O) groups is 2. The van der Waals surface area contributed by atoms with E-state index in [0.717, 1.165) is 24.0 Å². The summed E-state index contributed by atoms with van der Waals surface area (Å²) in [5, 5.41) is 0. The van der Waals surface area contributed by atoms with Crippen molar-refractivity contribution in [2.24, 2.45) is 0 Å². The molecule has 5 heteroatoms. The molecule has 0 aliphatic rings. The second-order valence-corrected chi connectivity index (χ2v) is 5.58. The molecule has 26 heavy (non-hydrogen) atoms. The van der Waals surface area contributed by atoms with Crippen LogP contribution >= 0.6 is 0 Å². The van der Waals surface area contributed by atoms with Crippen molar-refractivity contribution in [2.45, 2.75) is 13.2 Å². The van der Waals surface area contributed by atoms with E-state index in [0.29, 0.717) is 22.6 Å². The van der Waals surface area contributed by atoms with Gasteiger partial charge in [-0.1, -0.05) is 30.3 Å². The van der Waals surface area contributed by atoms with Gasteiger partial charge in [-0.2, -0.15) is 0 Å². The molecule has 0 radical (unpaired) electrons. The molecule has 2 aromatic carbocycles. The van der Waals surface area contributed by atoms with Gasteiger partial charge in [-0.15, -0.1) is 0 Å². The zero-order valence-corrected chi connectivity index (χ0v) is 14.0. The van der Waals surface area contributed by atoms with E-state index in [1.165, 1.54) is 0 Å². The smallest absolute Gasteiger partial charge is 0.150 e. The van der Waals surface area contributed by atoms with Crippen LogP contribution in [0.2, 0.25) is 0 Å². The maximum absolute atomic E-state index is 10.8. The van der Waals surface area contributed by atoms with E-state index >= 15 is 0 Å². The van der Waals surface area contributed by atoms with Gasteiger partial charge in [-0.25, -0.2) is 0 Å². The molecule has 1 heterocycles. The normalized spacial score (nSPS) is 10.2. The molecule has 0 saturated heterocycles. The van der Waals surface area contributed by atoms with Crippen molar-refractivity contribution in [3.05, 3.63) is 89.2 Å². The molecular weight excluding hydrogens is 330 g/mol. The Morgan fingerprint density at radius 3 is 1.62 bits per heavy atom. The second kappa shape index (κ2) is 8.58. The third-order valence-corrected chi connectivity index (χ3v) is 3.63. The Morgan fingerprint density at radius 2 is 1.15 bits per heavy atom. The molecule has 0 amide bonds. The highest BCUT2D eigenvalue weighted by Crippen LogP contribution is 2.15. The van der Waals surface area contributed by atoms with Gasteiger partial charge >= 0.3 is 0 Å². The van der Waals surface area contributed by atoms with Crippen LogP contribution in [0.15, 0.2) is 66.7 Å². The highest BCUT2D eigenvalue weighted by molar-refractivity contribution is 5.75. The minimum absolute atomic E-state index is 0.288. The number of pyridine rings is 1. The third-order valence-electron chi connectivity index (χ3n) is 3.63. The van der Waals surface area contributed by atoms with E-state index in [1.807, 2.05) is 18.2 Å². The zero-order valence-electron chi connectivity index (χ0n) is 14.0. The lowest BCUT2D eigenvalue weighted by molar-refractivity contribution is 0.111. The van der Waals surface area contributed by atoms with Crippen LogP contribution in [0.1, 0.15) is 32.1 Å². The Balaban J connectivity index is 1.60. The Kier molecular flexibility index (Phi) is 5.72. The van der Waals surface area contributed by atoms with E-state index in [4.69, 9.17) is 9.47 Å². The van der Waals surface area contributed by atoms with Gasteiger partial charge in [0.1, 0.15) is 37.3 Å². The third kappa shape index (κ3) is 4.77. The number of nitrogens with zero attached hydrogens (tertiary/aromatic N) is 1. The number of aromatic nitrogens is 1. The minimum Gasteiger partial charge on any atom is -0.487 e. The quantitative estimate of drug-likeness (QED) is 0.579. The summed E-state index contributed by atoms with van der Waals surface area (Å²) in [6.07, 6.45) is 1.56. The maximum atomic E-state index is 10.8. The van der Waals surface area contributed by atoms with Gasteiger partial charge in [0.15, 0.2) is 0 Å². The molecule has 0 spiro atoms. The lowest BCUT2D eigenvalue weighted by Crippen LogP contribution is -2.03. The average molecular weight is 347 g/mol. The van der Waals surface area contributed by atoms with E-state index < -0.39 is 0 Å².